The zero-order valence-electron chi connectivity index (χ0n) is 13.3. The van der Waals surface area contributed by atoms with Gasteiger partial charge in [0, 0.05) is 11.7 Å². The molecule has 112 valence electrons. The Hall–Kier alpha value is -1.51. The van der Waals surface area contributed by atoms with Gasteiger partial charge in [0.25, 0.3) is 0 Å². The minimum atomic E-state index is 0.0663. The minimum absolute atomic E-state index is 0.0663. The number of hydrogen-bond donors (Lipinski definition) is 2. The Labute approximate surface area is 123 Å². The zero-order valence-corrected chi connectivity index (χ0v) is 13.3. The summed E-state index contributed by atoms with van der Waals surface area (Å²) in [4.78, 5) is 11.9. The molecule has 2 N–H and O–H groups in total. The van der Waals surface area contributed by atoms with E-state index in [1.807, 2.05) is 6.07 Å². The van der Waals surface area contributed by atoms with Gasteiger partial charge >= 0.3 is 0 Å². The van der Waals surface area contributed by atoms with E-state index in [1.54, 1.807) is 0 Å². The average Bonchev–Trinajstić information content (AvgIpc) is 2.38. The Balaban J connectivity index is 2.36. The summed E-state index contributed by atoms with van der Waals surface area (Å²) in [5.41, 5.74) is 3.42. The molecule has 1 unspecified atom stereocenters. The Morgan fingerprint density at radius 2 is 1.85 bits per heavy atom. The molecule has 0 bridgehead atoms. The van der Waals surface area contributed by atoms with Gasteiger partial charge in [0.2, 0.25) is 5.91 Å². The second-order valence-electron chi connectivity index (χ2n) is 5.58. The van der Waals surface area contributed by atoms with Gasteiger partial charge in [0.15, 0.2) is 0 Å². The Kier molecular flexibility index (Phi) is 7.13. The second kappa shape index (κ2) is 8.62. The molecular formula is C17H28N2O. The molecule has 1 rings (SSSR count). The van der Waals surface area contributed by atoms with Crippen LogP contribution in [0.15, 0.2) is 18.2 Å². The van der Waals surface area contributed by atoms with Crippen molar-refractivity contribution in [2.45, 2.75) is 59.4 Å². The van der Waals surface area contributed by atoms with Crippen LogP contribution < -0.4 is 10.6 Å². The number of nitrogens with one attached hydrogen (secondary N) is 2. The number of carbonyl (C=O) groups is 1. The third kappa shape index (κ3) is 5.64. The van der Waals surface area contributed by atoms with Crippen molar-refractivity contribution in [2.75, 3.05) is 11.9 Å². The van der Waals surface area contributed by atoms with Crippen LogP contribution in [0.5, 0.6) is 0 Å². The molecule has 0 aliphatic heterocycles. The van der Waals surface area contributed by atoms with Gasteiger partial charge in [-0.25, -0.2) is 0 Å². The van der Waals surface area contributed by atoms with Gasteiger partial charge in [-0.2, -0.15) is 0 Å². The lowest BCUT2D eigenvalue weighted by molar-refractivity contribution is -0.120. The smallest absolute Gasteiger partial charge is 0.239 e. The highest BCUT2D eigenvalue weighted by molar-refractivity contribution is 5.81. The number of amides is 1. The van der Waals surface area contributed by atoms with E-state index in [1.165, 1.54) is 30.4 Å². The largest absolute Gasteiger partial charge is 0.376 e. The van der Waals surface area contributed by atoms with Crippen molar-refractivity contribution in [1.29, 1.82) is 0 Å². The molecule has 1 amide bonds. The van der Waals surface area contributed by atoms with E-state index in [9.17, 15) is 4.79 Å². The number of carbonyl (C=O) groups excluding carboxylic acids is 1. The molecule has 0 aromatic heterocycles. The first-order chi connectivity index (χ1) is 9.54. The molecule has 0 spiro atoms. The third-order valence-electron chi connectivity index (χ3n) is 3.55. The van der Waals surface area contributed by atoms with Gasteiger partial charge in [0.05, 0.1) is 6.54 Å². The van der Waals surface area contributed by atoms with Gasteiger partial charge in [-0.3, -0.25) is 4.79 Å². The van der Waals surface area contributed by atoms with E-state index in [0.717, 1.165) is 12.1 Å². The van der Waals surface area contributed by atoms with E-state index in [-0.39, 0.29) is 11.9 Å². The monoisotopic (exact) mass is 276 g/mol. The van der Waals surface area contributed by atoms with Crippen LogP contribution in [0, 0.1) is 13.8 Å². The number of benzene rings is 1. The van der Waals surface area contributed by atoms with Gasteiger partial charge in [-0.1, -0.05) is 44.4 Å². The van der Waals surface area contributed by atoms with E-state index < -0.39 is 0 Å². The van der Waals surface area contributed by atoms with Crippen LogP contribution in [0.1, 0.15) is 50.7 Å². The Morgan fingerprint density at radius 1 is 1.20 bits per heavy atom. The second-order valence-corrected chi connectivity index (χ2v) is 5.58. The molecule has 20 heavy (non-hydrogen) atoms. The van der Waals surface area contributed by atoms with E-state index in [0.29, 0.717) is 6.54 Å². The number of hydrogen-bond acceptors (Lipinski definition) is 2. The summed E-state index contributed by atoms with van der Waals surface area (Å²) in [6.07, 6.45) is 4.70. The summed E-state index contributed by atoms with van der Waals surface area (Å²) in [6.45, 7) is 8.72. The number of aryl methyl sites for hydroxylation is 2. The third-order valence-corrected chi connectivity index (χ3v) is 3.55. The molecular weight excluding hydrogens is 248 g/mol. The number of para-hydroxylation sites is 1. The van der Waals surface area contributed by atoms with E-state index in [2.05, 4.69) is 50.5 Å². The molecule has 0 saturated carbocycles. The molecule has 0 fully saturated rings. The lowest BCUT2D eigenvalue weighted by Gasteiger charge is -2.16. The fourth-order valence-electron chi connectivity index (χ4n) is 2.36. The van der Waals surface area contributed by atoms with E-state index in [4.69, 9.17) is 0 Å². The summed E-state index contributed by atoms with van der Waals surface area (Å²) in [5.74, 6) is 0.0663. The summed E-state index contributed by atoms with van der Waals surface area (Å²) in [5, 5.41) is 6.29. The molecule has 1 aromatic rings. The first kappa shape index (κ1) is 16.5. The molecule has 3 heteroatoms. The molecule has 3 nitrogen and oxygen atoms in total. The van der Waals surface area contributed by atoms with Crippen LogP contribution in [0.25, 0.3) is 0 Å². The van der Waals surface area contributed by atoms with Crippen LogP contribution >= 0.6 is 0 Å². The van der Waals surface area contributed by atoms with Crippen molar-refractivity contribution >= 4 is 11.6 Å². The van der Waals surface area contributed by atoms with Crippen LogP contribution in [0.4, 0.5) is 5.69 Å². The fraction of sp³-hybridized carbons (Fsp3) is 0.588. The van der Waals surface area contributed by atoms with Crippen LogP contribution in [-0.4, -0.2) is 18.5 Å². The maximum Gasteiger partial charge on any atom is 0.239 e. The topological polar surface area (TPSA) is 41.1 Å². The van der Waals surface area contributed by atoms with Crippen LogP contribution in [0.3, 0.4) is 0 Å². The van der Waals surface area contributed by atoms with E-state index >= 15 is 0 Å². The van der Waals surface area contributed by atoms with Gasteiger partial charge in [0.1, 0.15) is 0 Å². The van der Waals surface area contributed by atoms with Crippen molar-refractivity contribution in [3.63, 3.8) is 0 Å². The summed E-state index contributed by atoms with van der Waals surface area (Å²) in [7, 11) is 0. The predicted octanol–water partition coefficient (Wildman–Crippen LogP) is 3.80. The van der Waals surface area contributed by atoms with Crippen LogP contribution in [0.2, 0.25) is 0 Å². The molecule has 0 aliphatic carbocycles. The zero-order chi connectivity index (χ0) is 15.0. The molecule has 1 aromatic carbocycles. The van der Waals surface area contributed by atoms with Crippen molar-refractivity contribution < 1.29 is 4.79 Å². The minimum Gasteiger partial charge on any atom is -0.376 e. The van der Waals surface area contributed by atoms with Crippen molar-refractivity contribution in [1.82, 2.24) is 5.32 Å². The highest BCUT2D eigenvalue weighted by atomic mass is 16.1. The lowest BCUT2D eigenvalue weighted by atomic mass is 10.1. The van der Waals surface area contributed by atoms with Gasteiger partial charge < -0.3 is 10.6 Å². The quantitative estimate of drug-likeness (QED) is 0.709. The van der Waals surface area contributed by atoms with Crippen LogP contribution in [-0.2, 0) is 4.79 Å². The highest BCUT2D eigenvalue weighted by Gasteiger charge is 2.08. The van der Waals surface area contributed by atoms with Gasteiger partial charge in [-0.05, 0) is 38.3 Å². The first-order valence-electron chi connectivity index (χ1n) is 7.64. The summed E-state index contributed by atoms with van der Waals surface area (Å²) < 4.78 is 0. The number of anilines is 1. The SMILES string of the molecule is CCCCCC(C)NC(=O)CNc1c(C)cccc1C. The first-order valence-corrected chi connectivity index (χ1v) is 7.64. The Morgan fingerprint density at radius 3 is 2.45 bits per heavy atom. The normalized spacial score (nSPS) is 12.0. The molecule has 0 saturated heterocycles. The van der Waals surface area contributed by atoms with Gasteiger partial charge in [-0.15, -0.1) is 0 Å². The molecule has 0 aliphatic rings. The summed E-state index contributed by atoms with van der Waals surface area (Å²) in [6, 6.07) is 6.40. The fourth-order valence-corrected chi connectivity index (χ4v) is 2.36. The standard InChI is InChI=1S/C17H28N2O/c1-5-6-7-11-15(4)19-16(20)12-18-17-13(2)9-8-10-14(17)3/h8-10,15,18H,5-7,11-12H2,1-4H3,(H,19,20). The van der Waals surface area contributed by atoms with Crippen molar-refractivity contribution in [2.24, 2.45) is 0 Å². The predicted molar refractivity (Wildman–Crippen MR) is 86.2 cm³/mol. The van der Waals surface area contributed by atoms with Crippen molar-refractivity contribution in [3.8, 4) is 0 Å². The Bertz CT molecular complexity index is 409. The summed E-state index contributed by atoms with van der Waals surface area (Å²) >= 11 is 0. The maximum absolute atomic E-state index is 11.9. The average molecular weight is 276 g/mol. The lowest BCUT2D eigenvalue weighted by Crippen LogP contribution is -2.36. The number of rotatable bonds is 8. The maximum atomic E-state index is 11.9. The highest BCUT2D eigenvalue weighted by Crippen LogP contribution is 2.18. The molecule has 0 radical (unpaired) electrons. The molecule has 1 atom stereocenters. The van der Waals surface area contributed by atoms with Crippen molar-refractivity contribution in [3.05, 3.63) is 29.3 Å². The number of unbranched alkanes of at least 4 members (excludes halogenated alkanes) is 2. The molecule has 0 heterocycles.